The van der Waals surface area contributed by atoms with E-state index in [9.17, 15) is 19.2 Å². The predicted octanol–water partition coefficient (Wildman–Crippen LogP) is 4.22. The highest BCUT2D eigenvalue weighted by Crippen LogP contribution is 2.34. The van der Waals surface area contributed by atoms with Crippen LogP contribution in [-0.4, -0.2) is 65.5 Å². The van der Waals surface area contributed by atoms with Gasteiger partial charge in [0.05, 0.1) is 23.6 Å². The average molecular weight is 544 g/mol. The molecule has 2 amide bonds. The van der Waals surface area contributed by atoms with E-state index in [-0.39, 0.29) is 30.8 Å². The van der Waals surface area contributed by atoms with E-state index in [1.54, 1.807) is 18.2 Å². The summed E-state index contributed by atoms with van der Waals surface area (Å²) in [5, 5.41) is 3.33. The second-order valence-electron chi connectivity index (χ2n) is 11.7. The quantitative estimate of drug-likeness (QED) is 0.413. The summed E-state index contributed by atoms with van der Waals surface area (Å²) in [6, 6.07) is 12.9. The highest BCUT2D eigenvalue weighted by Gasteiger charge is 2.45. The molecule has 40 heavy (non-hydrogen) atoms. The van der Waals surface area contributed by atoms with E-state index in [1.165, 1.54) is 31.2 Å². The lowest BCUT2D eigenvalue weighted by Crippen LogP contribution is -2.47. The smallest absolute Gasteiger partial charge is 0.264 e. The van der Waals surface area contributed by atoms with Crippen LogP contribution in [-0.2, 0) is 27.4 Å². The minimum Gasteiger partial charge on any atom is -0.381 e. The second kappa shape index (κ2) is 11.6. The number of Topliss-reactive ketones (excluding diaryl/α,β-unsaturated/α-hetero) is 2. The molecule has 3 heterocycles. The molecule has 4 aliphatic rings. The molecule has 1 atom stereocenters. The molecule has 6 rings (SSSR count). The molecule has 1 saturated carbocycles. The highest BCUT2D eigenvalue weighted by atomic mass is 16.5. The molecule has 1 unspecified atom stereocenters. The number of nitrogens with one attached hydrogen (secondary N) is 1. The van der Waals surface area contributed by atoms with Crippen LogP contribution >= 0.6 is 0 Å². The van der Waals surface area contributed by atoms with Gasteiger partial charge in [-0.25, -0.2) is 0 Å². The van der Waals surface area contributed by atoms with Crippen molar-refractivity contribution >= 4 is 29.1 Å². The molecule has 3 fully saturated rings. The highest BCUT2D eigenvalue weighted by molar-refractivity contribution is 6.25. The van der Waals surface area contributed by atoms with Gasteiger partial charge in [0.25, 0.3) is 11.8 Å². The number of benzene rings is 2. The number of piperidine rings is 1. The Hall–Kier alpha value is -3.36. The first-order valence-electron chi connectivity index (χ1n) is 14.6. The van der Waals surface area contributed by atoms with Gasteiger partial charge >= 0.3 is 0 Å². The molecule has 210 valence electrons. The Kier molecular flexibility index (Phi) is 7.80. The van der Waals surface area contributed by atoms with Gasteiger partial charge < -0.3 is 10.1 Å². The van der Waals surface area contributed by atoms with Crippen LogP contribution < -0.4 is 5.32 Å². The lowest BCUT2D eigenvalue weighted by atomic mass is 9.80. The summed E-state index contributed by atoms with van der Waals surface area (Å²) in [5.41, 5.74) is 3.55. The van der Waals surface area contributed by atoms with Gasteiger partial charge in [0.15, 0.2) is 5.78 Å². The Morgan fingerprint density at radius 2 is 1.50 bits per heavy atom. The molecule has 8 nitrogen and oxygen atoms in total. The van der Waals surface area contributed by atoms with Crippen LogP contribution in [0.1, 0.15) is 76.8 Å². The van der Waals surface area contributed by atoms with Crippen molar-refractivity contribution in [1.29, 1.82) is 0 Å². The number of rotatable bonds is 7. The lowest BCUT2D eigenvalue weighted by Gasteiger charge is -2.37. The Morgan fingerprint density at radius 1 is 0.800 bits per heavy atom. The van der Waals surface area contributed by atoms with Gasteiger partial charge in [-0.05, 0) is 80.3 Å². The summed E-state index contributed by atoms with van der Waals surface area (Å²) in [6.07, 6.45) is 5.19. The zero-order valence-electron chi connectivity index (χ0n) is 22.9. The number of imide groups is 1. The number of ketones is 2. The van der Waals surface area contributed by atoms with Crippen LogP contribution in [0.4, 0.5) is 5.69 Å². The summed E-state index contributed by atoms with van der Waals surface area (Å²) >= 11 is 0. The van der Waals surface area contributed by atoms with Crippen molar-refractivity contribution in [2.45, 2.75) is 64.1 Å². The van der Waals surface area contributed by atoms with Crippen molar-refractivity contribution in [3.8, 4) is 0 Å². The minimum absolute atomic E-state index is 0.138. The number of hydrogen-bond acceptors (Lipinski definition) is 7. The van der Waals surface area contributed by atoms with Gasteiger partial charge in [0.2, 0.25) is 0 Å². The summed E-state index contributed by atoms with van der Waals surface area (Å²) < 4.78 is 5.54. The predicted molar refractivity (Wildman–Crippen MR) is 150 cm³/mol. The third-order valence-electron chi connectivity index (χ3n) is 9.17. The number of fused-ring (bicyclic) bond motifs is 1. The number of carbonyl (C=O) groups is 4. The molecule has 0 aromatic heterocycles. The zero-order chi connectivity index (χ0) is 27.6. The first-order chi connectivity index (χ1) is 19.5. The molecule has 0 spiro atoms. The van der Waals surface area contributed by atoms with Crippen molar-refractivity contribution < 1.29 is 23.9 Å². The minimum atomic E-state index is -0.863. The third-order valence-corrected chi connectivity index (χ3v) is 9.17. The van der Waals surface area contributed by atoms with Gasteiger partial charge in [0, 0.05) is 38.4 Å². The van der Waals surface area contributed by atoms with E-state index >= 15 is 0 Å². The SMILES string of the molecule is O=C1CCC(N2C(=O)c3cccc(NCc4ccc(CN5CCC(C6CCOCC6)CC5)cc4)c3C2=O)C(=O)C1. The summed E-state index contributed by atoms with van der Waals surface area (Å²) in [5.74, 6) is 0.259. The summed E-state index contributed by atoms with van der Waals surface area (Å²) in [7, 11) is 0. The van der Waals surface area contributed by atoms with E-state index < -0.39 is 17.9 Å². The maximum atomic E-state index is 13.3. The van der Waals surface area contributed by atoms with Crippen LogP contribution in [0.25, 0.3) is 0 Å². The maximum Gasteiger partial charge on any atom is 0.264 e. The van der Waals surface area contributed by atoms with E-state index in [2.05, 4.69) is 34.5 Å². The largest absolute Gasteiger partial charge is 0.381 e. The Morgan fingerprint density at radius 3 is 2.23 bits per heavy atom. The normalized spacial score (nSPS) is 23.1. The molecular formula is C32H37N3O5. The van der Waals surface area contributed by atoms with Crippen molar-refractivity contribution in [1.82, 2.24) is 9.80 Å². The fourth-order valence-corrected chi connectivity index (χ4v) is 6.85. The van der Waals surface area contributed by atoms with Gasteiger partial charge in [0.1, 0.15) is 5.78 Å². The van der Waals surface area contributed by atoms with Crippen molar-refractivity contribution in [2.75, 3.05) is 31.6 Å². The third kappa shape index (κ3) is 5.47. The lowest BCUT2D eigenvalue weighted by molar-refractivity contribution is -0.132. The fourth-order valence-electron chi connectivity index (χ4n) is 6.85. The Bertz CT molecular complexity index is 1290. The van der Waals surface area contributed by atoms with E-state index in [1.807, 2.05) is 0 Å². The number of anilines is 1. The first kappa shape index (κ1) is 26.8. The molecule has 2 aromatic rings. The topological polar surface area (TPSA) is 96.0 Å². The Balaban J connectivity index is 1.04. The standard InChI is InChI=1S/C32H37N3O5/c36-25-8-9-28(29(37)18-25)35-31(38)26-2-1-3-27(30(26)32(35)39)33-19-21-4-6-22(7-5-21)20-34-14-10-23(11-15-34)24-12-16-40-17-13-24/h1-7,23-24,28,33H,8-20H2. The molecule has 3 aliphatic heterocycles. The number of likely N-dealkylation sites (tertiary alicyclic amines) is 1. The molecule has 2 saturated heterocycles. The van der Waals surface area contributed by atoms with Gasteiger partial charge in [-0.1, -0.05) is 30.3 Å². The molecule has 8 heteroatoms. The Labute approximate surface area is 235 Å². The monoisotopic (exact) mass is 543 g/mol. The number of amides is 2. The first-order valence-corrected chi connectivity index (χ1v) is 14.6. The van der Waals surface area contributed by atoms with Crippen LogP contribution in [0.15, 0.2) is 42.5 Å². The summed E-state index contributed by atoms with van der Waals surface area (Å²) in [4.78, 5) is 54.2. The van der Waals surface area contributed by atoms with Crippen LogP contribution in [0.2, 0.25) is 0 Å². The van der Waals surface area contributed by atoms with E-state index in [0.717, 1.165) is 55.1 Å². The van der Waals surface area contributed by atoms with Gasteiger partial charge in [-0.3, -0.25) is 29.0 Å². The number of nitrogens with zero attached hydrogens (tertiary/aromatic N) is 2. The number of hydrogen-bond donors (Lipinski definition) is 1. The molecule has 0 bridgehead atoms. The molecular weight excluding hydrogens is 506 g/mol. The van der Waals surface area contributed by atoms with Crippen LogP contribution in [0, 0.1) is 11.8 Å². The van der Waals surface area contributed by atoms with Crippen LogP contribution in [0.3, 0.4) is 0 Å². The number of carbonyl (C=O) groups excluding carboxylic acids is 4. The van der Waals surface area contributed by atoms with Gasteiger partial charge in [-0.2, -0.15) is 0 Å². The van der Waals surface area contributed by atoms with Crippen LogP contribution in [0.5, 0.6) is 0 Å². The van der Waals surface area contributed by atoms with Crippen molar-refractivity contribution in [3.63, 3.8) is 0 Å². The zero-order valence-corrected chi connectivity index (χ0v) is 22.9. The molecule has 2 aromatic carbocycles. The fraction of sp³-hybridized carbons (Fsp3) is 0.500. The van der Waals surface area contributed by atoms with Crippen molar-refractivity contribution in [3.05, 3.63) is 64.7 Å². The molecule has 1 aliphatic carbocycles. The van der Waals surface area contributed by atoms with Gasteiger partial charge in [-0.15, -0.1) is 0 Å². The number of ether oxygens (including phenoxy) is 1. The molecule has 1 N–H and O–H groups in total. The van der Waals surface area contributed by atoms with Crippen molar-refractivity contribution in [2.24, 2.45) is 11.8 Å². The van der Waals surface area contributed by atoms with E-state index in [4.69, 9.17) is 4.74 Å². The second-order valence-corrected chi connectivity index (χ2v) is 11.7. The maximum absolute atomic E-state index is 13.3. The molecule has 0 radical (unpaired) electrons. The summed E-state index contributed by atoms with van der Waals surface area (Å²) in [6.45, 7) is 5.62. The average Bonchev–Trinajstić information content (AvgIpc) is 3.23. The van der Waals surface area contributed by atoms with E-state index in [0.29, 0.717) is 23.4 Å².